The molecule has 1 aliphatic carbocycles. The molecule has 0 N–H and O–H groups in total. The Labute approximate surface area is 121 Å². The van der Waals surface area contributed by atoms with Crippen molar-refractivity contribution in [2.24, 2.45) is 4.99 Å². The van der Waals surface area contributed by atoms with Crippen LogP contribution in [-0.2, 0) is 0 Å². The lowest BCUT2D eigenvalue weighted by atomic mass is 9.78. The number of aliphatic imine (C=N–C) groups is 1. The molecule has 1 saturated carbocycles. The summed E-state index contributed by atoms with van der Waals surface area (Å²) in [4.78, 5) is 4.04. The van der Waals surface area contributed by atoms with Crippen LogP contribution in [0.1, 0.15) is 44.1 Å². The second-order valence-corrected chi connectivity index (χ2v) is 6.24. The number of fused-ring (bicyclic) bond motifs is 1. The molecule has 1 spiro atoms. The van der Waals surface area contributed by atoms with Crippen molar-refractivity contribution >= 4 is 21.6 Å². The third kappa shape index (κ3) is 2.40. The van der Waals surface area contributed by atoms with Gasteiger partial charge in [0.1, 0.15) is 11.4 Å². The van der Waals surface area contributed by atoms with Crippen LogP contribution in [0, 0.1) is 11.5 Å². The van der Waals surface area contributed by atoms with Crippen LogP contribution in [-0.4, -0.2) is 11.3 Å². The van der Waals surface area contributed by atoms with Crippen LogP contribution in [0.5, 0.6) is 5.75 Å². The Bertz CT molecular complexity index is 568. The predicted octanol–water partition coefficient (Wildman–Crippen LogP) is 4.20. The zero-order valence-corrected chi connectivity index (χ0v) is 12.2. The van der Waals surface area contributed by atoms with E-state index in [-0.39, 0.29) is 5.60 Å². The summed E-state index contributed by atoms with van der Waals surface area (Å²) in [5, 5.41) is 8.91. The Morgan fingerprint density at radius 2 is 2.05 bits per heavy atom. The Balaban J connectivity index is 2.05. The highest BCUT2D eigenvalue weighted by Crippen LogP contribution is 2.42. The first-order valence-corrected chi connectivity index (χ1v) is 7.46. The van der Waals surface area contributed by atoms with Gasteiger partial charge in [-0.2, -0.15) is 10.3 Å². The molecule has 3 nitrogen and oxygen atoms in total. The van der Waals surface area contributed by atoms with Gasteiger partial charge in [0, 0.05) is 16.5 Å². The summed E-state index contributed by atoms with van der Waals surface area (Å²) in [5.41, 5.74) is 1.69. The number of nitrogens with zero attached hydrogens (tertiary/aromatic N) is 2. The molecule has 1 aromatic carbocycles. The van der Waals surface area contributed by atoms with Crippen LogP contribution in [0.25, 0.3) is 0 Å². The Kier molecular flexibility index (Phi) is 3.32. The fourth-order valence-electron chi connectivity index (χ4n) is 3.12. The highest BCUT2D eigenvalue weighted by atomic mass is 79.9. The molecule has 1 aromatic rings. The Hall–Kier alpha value is -1.34. The molecule has 1 aliphatic heterocycles. The van der Waals surface area contributed by atoms with Crippen LogP contribution < -0.4 is 4.74 Å². The summed E-state index contributed by atoms with van der Waals surface area (Å²) in [6, 6.07) is 5.94. The topological polar surface area (TPSA) is 45.4 Å². The molecule has 0 atom stereocenters. The fraction of sp³-hybridized carbons (Fsp3) is 0.467. The van der Waals surface area contributed by atoms with Crippen LogP contribution >= 0.6 is 15.9 Å². The maximum Gasteiger partial charge on any atom is 0.205 e. The number of ether oxygens (including phenoxy) is 1. The van der Waals surface area contributed by atoms with Gasteiger partial charge in [-0.25, -0.2) is 0 Å². The zero-order valence-electron chi connectivity index (χ0n) is 10.7. The van der Waals surface area contributed by atoms with Crippen molar-refractivity contribution in [3.8, 4) is 11.9 Å². The van der Waals surface area contributed by atoms with Crippen molar-refractivity contribution in [3.05, 3.63) is 28.2 Å². The molecule has 0 unspecified atom stereocenters. The quantitative estimate of drug-likeness (QED) is 0.673. The van der Waals surface area contributed by atoms with Gasteiger partial charge in [0.2, 0.25) is 6.19 Å². The van der Waals surface area contributed by atoms with E-state index in [2.05, 4.69) is 20.9 Å². The van der Waals surface area contributed by atoms with Crippen LogP contribution in [0.15, 0.2) is 27.7 Å². The molecule has 1 heterocycles. The highest BCUT2D eigenvalue weighted by molar-refractivity contribution is 9.10. The van der Waals surface area contributed by atoms with Crippen LogP contribution in [0.3, 0.4) is 0 Å². The van der Waals surface area contributed by atoms with Crippen molar-refractivity contribution in [1.29, 1.82) is 5.26 Å². The van der Waals surface area contributed by atoms with Gasteiger partial charge in [0.25, 0.3) is 0 Å². The summed E-state index contributed by atoms with van der Waals surface area (Å²) in [7, 11) is 0. The number of hydrogen-bond acceptors (Lipinski definition) is 3. The summed E-state index contributed by atoms with van der Waals surface area (Å²) < 4.78 is 7.27. The number of benzene rings is 1. The second kappa shape index (κ2) is 4.97. The van der Waals surface area contributed by atoms with Gasteiger partial charge in [-0.15, -0.1) is 0 Å². The van der Waals surface area contributed by atoms with Crippen molar-refractivity contribution in [2.75, 3.05) is 0 Å². The largest absolute Gasteiger partial charge is 0.486 e. The molecule has 0 aromatic heterocycles. The van der Waals surface area contributed by atoms with E-state index in [1.165, 1.54) is 19.3 Å². The minimum absolute atomic E-state index is 0.130. The molecule has 4 heteroatoms. The van der Waals surface area contributed by atoms with Crippen LogP contribution in [0.4, 0.5) is 0 Å². The van der Waals surface area contributed by atoms with Crippen molar-refractivity contribution in [1.82, 2.24) is 0 Å². The molecule has 3 rings (SSSR count). The molecule has 0 amide bonds. The van der Waals surface area contributed by atoms with E-state index >= 15 is 0 Å². The average molecular weight is 319 g/mol. The van der Waals surface area contributed by atoms with Gasteiger partial charge in [-0.05, 0) is 43.9 Å². The normalized spacial score (nSPS) is 22.6. The highest BCUT2D eigenvalue weighted by Gasteiger charge is 2.40. The Morgan fingerprint density at radius 3 is 2.79 bits per heavy atom. The lowest BCUT2D eigenvalue weighted by Gasteiger charge is -2.41. The standard InChI is InChI=1S/C15H15BrN2O/c16-11-4-5-14-12(8-11)13(18-10-17)9-15(19-14)6-2-1-3-7-15/h4-5,8H,1-3,6-7,9H2. The van der Waals surface area contributed by atoms with E-state index in [9.17, 15) is 0 Å². The third-order valence-electron chi connectivity index (χ3n) is 4.02. The minimum Gasteiger partial charge on any atom is -0.486 e. The minimum atomic E-state index is -0.130. The number of halogens is 1. The van der Waals surface area contributed by atoms with Crippen molar-refractivity contribution < 1.29 is 4.74 Å². The average Bonchev–Trinajstić information content (AvgIpc) is 2.41. The second-order valence-electron chi connectivity index (χ2n) is 5.32. The molecule has 19 heavy (non-hydrogen) atoms. The van der Waals surface area contributed by atoms with E-state index in [1.807, 2.05) is 24.4 Å². The third-order valence-corrected chi connectivity index (χ3v) is 4.51. The van der Waals surface area contributed by atoms with Gasteiger partial charge in [-0.1, -0.05) is 22.4 Å². The van der Waals surface area contributed by atoms with Gasteiger partial charge < -0.3 is 4.74 Å². The lowest BCUT2D eigenvalue weighted by Crippen LogP contribution is -2.43. The number of rotatable bonds is 0. The maximum atomic E-state index is 8.91. The lowest BCUT2D eigenvalue weighted by molar-refractivity contribution is 0.0322. The molecular formula is C15H15BrN2O. The van der Waals surface area contributed by atoms with Gasteiger partial charge in [-0.3, -0.25) is 0 Å². The van der Waals surface area contributed by atoms with E-state index in [4.69, 9.17) is 10.00 Å². The van der Waals surface area contributed by atoms with Gasteiger partial charge in [0.15, 0.2) is 0 Å². The van der Waals surface area contributed by atoms with Crippen molar-refractivity contribution in [2.45, 2.75) is 44.1 Å². The van der Waals surface area contributed by atoms with E-state index in [0.29, 0.717) is 0 Å². The summed E-state index contributed by atoms with van der Waals surface area (Å²) in [6.45, 7) is 0. The predicted molar refractivity (Wildman–Crippen MR) is 77.4 cm³/mol. The van der Waals surface area contributed by atoms with Gasteiger partial charge in [0.05, 0.1) is 5.71 Å². The summed E-state index contributed by atoms with van der Waals surface area (Å²) >= 11 is 3.46. The first-order chi connectivity index (χ1) is 9.22. The molecule has 0 bridgehead atoms. The van der Waals surface area contributed by atoms with E-state index in [0.717, 1.165) is 40.8 Å². The maximum absolute atomic E-state index is 8.91. The number of nitriles is 1. The summed E-state index contributed by atoms with van der Waals surface area (Å²) in [6.07, 6.45) is 8.50. The molecule has 2 aliphatic rings. The molecule has 98 valence electrons. The monoisotopic (exact) mass is 318 g/mol. The SMILES string of the molecule is N#CN=C1CC2(CCCCC2)Oc2ccc(Br)cc21. The summed E-state index contributed by atoms with van der Waals surface area (Å²) in [5.74, 6) is 0.866. The fourth-order valence-corrected chi connectivity index (χ4v) is 3.48. The molecule has 0 saturated heterocycles. The van der Waals surface area contributed by atoms with Crippen LogP contribution in [0.2, 0.25) is 0 Å². The Morgan fingerprint density at radius 1 is 1.26 bits per heavy atom. The molecule has 0 radical (unpaired) electrons. The first-order valence-electron chi connectivity index (χ1n) is 6.67. The number of hydrogen-bond donors (Lipinski definition) is 0. The zero-order chi connectivity index (χ0) is 13.3. The van der Waals surface area contributed by atoms with E-state index < -0.39 is 0 Å². The van der Waals surface area contributed by atoms with Crippen molar-refractivity contribution in [3.63, 3.8) is 0 Å². The molecular weight excluding hydrogens is 304 g/mol. The molecule has 1 fully saturated rings. The van der Waals surface area contributed by atoms with E-state index in [1.54, 1.807) is 0 Å². The first kappa shape index (κ1) is 12.7. The smallest absolute Gasteiger partial charge is 0.205 e. The van der Waals surface area contributed by atoms with Gasteiger partial charge >= 0.3 is 0 Å².